The van der Waals surface area contributed by atoms with Gasteiger partial charge in [-0.05, 0) is 47.7 Å². The number of pyridine rings is 1. The topological polar surface area (TPSA) is 37.4 Å². The molecule has 108 valence electrons. The normalized spacial score (nSPS) is 34.0. The summed E-state index contributed by atoms with van der Waals surface area (Å²) in [4.78, 5) is 6.98. The summed E-state index contributed by atoms with van der Waals surface area (Å²) in [5, 5.41) is 3.67. The van der Waals surface area contributed by atoms with Crippen molar-refractivity contribution in [1.82, 2.24) is 9.88 Å². The highest BCUT2D eigenvalue weighted by Crippen LogP contribution is 2.39. The summed E-state index contributed by atoms with van der Waals surface area (Å²) >= 11 is 3.48. The van der Waals surface area contributed by atoms with Crippen LogP contribution in [0.4, 0.5) is 5.69 Å². The highest BCUT2D eigenvalue weighted by atomic mass is 79.9. The quantitative estimate of drug-likeness (QED) is 0.920. The third kappa shape index (κ3) is 2.36. The van der Waals surface area contributed by atoms with Crippen molar-refractivity contribution in [2.24, 2.45) is 0 Å². The van der Waals surface area contributed by atoms with Crippen LogP contribution in [0.5, 0.6) is 0 Å². The fourth-order valence-electron chi connectivity index (χ4n) is 4.05. The minimum atomic E-state index is 0.584. The van der Waals surface area contributed by atoms with Crippen LogP contribution in [0.15, 0.2) is 22.9 Å². The number of hydrogen-bond donors (Lipinski definition) is 1. The van der Waals surface area contributed by atoms with E-state index in [9.17, 15) is 0 Å². The van der Waals surface area contributed by atoms with Crippen molar-refractivity contribution >= 4 is 21.6 Å². The number of rotatable bonds is 3. The molecule has 3 saturated heterocycles. The Hall–Kier alpha value is -0.650. The van der Waals surface area contributed by atoms with Gasteiger partial charge in [0.1, 0.15) is 0 Å². The van der Waals surface area contributed by atoms with E-state index in [1.807, 2.05) is 12.4 Å². The predicted octanol–water partition coefficient (Wildman–Crippen LogP) is 2.65. The van der Waals surface area contributed by atoms with E-state index in [1.54, 1.807) is 0 Å². The molecule has 3 aliphatic heterocycles. The summed E-state index contributed by atoms with van der Waals surface area (Å²) < 4.78 is 6.41. The van der Waals surface area contributed by atoms with Crippen LogP contribution in [-0.2, 0) is 4.74 Å². The van der Waals surface area contributed by atoms with Crippen LogP contribution < -0.4 is 5.32 Å². The second kappa shape index (κ2) is 5.28. The van der Waals surface area contributed by atoms with E-state index in [0.29, 0.717) is 12.1 Å². The van der Waals surface area contributed by atoms with Crippen LogP contribution >= 0.6 is 15.9 Å². The number of aromatic nitrogens is 1. The lowest BCUT2D eigenvalue weighted by Crippen LogP contribution is -2.58. The van der Waals surface area contributed by atoms with Gasteiger partial charge in [-0.25, -0.2) is 0 Å². The predicted molar refractivity (Wildman–Crippen MR) is 81.8 cm³/mol. The van der Waals surface area contributed by atoms with Crippen LogP contribution in [-0.4, -0.2) is 47.3 Å². The summed E-state index contributed by atoms with van der Waals surface area (Å²) in [6, 6.07) is 4.89. The molecule has 0 aromatic carbocycles. The van der Waals surface area contributed by atoms with Gasteiger partial charge in [-0.1, -0.05) is 0 Å². The van der Waals surface area contributed by atoms with Crippen molar-refractivity contribution in [3.05, 3.63) is 22.9 Å². The third-order valence-corrected chi connectivity index (χ3v) is 5.34. The Morgan fingerprint density at radius 1 is 1.15 bits per heavy atom. The van der Waals surface area contributed by atoms with E-state index >= 15 is 0 Å². The summed E-state index contributed by atoms with van der Waals surface area (Å²) in [5.74, 6) is 0. The van der Waals surface area contributed by atoms with E-state index in [-0.39, 0.29) is 0 Å². The van der Waals surface area contributed by atoms with Gasteiger partial charge in [-0.2, -0.15) is 0 Å². The minimum Gasteiger partial charge on any atom is -0.381 e. The molecule has 1 aromatic heterocycles. The van der Waals surface area contributed by atoms with Gasteiger partial charge in [0.2, 0.25) is 0 Å². The van der Waals surface area contributed by atoms with E-state index in [4.69, 9.17) is 4.74 Å². The smallest absolute Gasteiger partial charge is 0.0645 e. The van der Waals surface area contributed by atoms with Crippen LogP contribution in [0.2, 0.25) is 0 Å². The van der Waals surface area contributed by atoms with Gasteiger partial charge in [0.05, 0.1) is 31.1 Å². The maximum Gasteiger partial charge on any atom is 0.0645 e. The Bertz CT molecular complexity index is 480. The minimum absolute atomic E-state index is 0.584. The Kier molecular flexibility index (Phi) is 3.44. The Morgan fingerprint density at radius 2 is 1.90 bits per heavy atom. The molecule has 3 fully saturated rings. The number of nitrogens with zero attached hydrogens (tertiary/aromatic N) is 2. The Labute approximate surface area is 128 Å². The van der Waals surface area contributed by atoms with Crippen LogP contribution in [0.3, 0.4) is 0 Å². The Balaban J connectivity index is 1.43. The van der Waals surface area contributed by atoms with Gasteiger partial charge in [-0.3, -0.25) is 9.88 Å². The van der Waals surface area contributed by atoms with E-state index in [1.165, 1.54) is 25.7 Å². The SMILES string of the molecule is Brc1cncc(NC2CC3CCC(C2)N3C2COC2)c1. The van der Waals surface area contributed by atoms with Gasteiger partial charge in [0.15, 0.2) is 0 Å². The van der Waals surface area contributed by atoms with Gasteiger partial charge in [0.25, 0.3) is 0 Å². The van der Waals surface area contributed by atoms with Gasteiger partial charge in [0, 0.05) is 28.8 Å². The molecule has 4 nitrogen and oxygen atoms in total. The zero-order chi connectivity index (χ0) is 13.5. The lowest BCUT2D eigenvalue weighted by molar-refractivity contribution is -0.0917. The summed E-state index contributed by atoms with van der Waals surface area (Å²) in [6.07, 6.45) is 8.96. The number of nitrogens with one attached hydrogen (secondary N) is 1. The second-order valence-corrected chi connectivity index (χ2v) is 7.14. The lowest BCUT2D eigenvalue weighted by Gasteiger charge is -2.46. The molecule has 0 radical (unpaired) electrons. The molecule has 0 spiro atoms. The van der Waals surface area contributed by atoms with Gasteiger partial charge >= 0.3 is 0 Å². The lowest BCUT2D eigenvalue weighted by atomic mass is 9.94. The molecule has 4 heterocycles. The largest absolute Gasteiger partial charge is 0.381 e. The van der Waals surface area contributed by atoms with E-state index in [2.05, 4.69) is 37.2 Å². The highest BCUT2D eigenvalue weighted by Gasteiger charge is 2.45. The first-order valence-electron chi connectivity index (χ1n) is 7.52. The molecular weight excluding hydrogens is 318 g/mol. The van der Waals surface area contributed by atoms with Crippen LogP contribution in [0, 0.1) is 0 Å². The zero-order valence-electron chi connectivity index (χ0n) is 11.5. The van der Waals surface area contributed by atoms with Gasteiger partial charge in [-0.15, -0.1) is 0 Å². The molecule has 1 N–H and O–H groups in total. The van der Waals surface area contributed by atoms with Crippen molar-refractivity contribution in [1.29, 1.82) is 0 Å². The highest BCUT2D eigenvalue weighted by molar-refractivity contribution is 9.10. The van der Waals surface area contributed by atoms with Crippen molar-refractivity contribution in [3.63, 3.8) is 0 Å². The molecule has 20 heavy (non-hydrogen) atoms. The fraction of sp³-hybridized carbons (Fsp3) is 0.667. The first-order valence-corrected chi connectivity index (χ1v) is 8.31. The molecule has 1 aromatic rings. The summed E-state index contributed by atoms with van der Waals surface area (Å²) in [7, 11) is 0. The number of fused-ring (bicyclic) bond motifs is 2. The molecule has 3 aliphatic rings. The molecule has 2 unspecified atom stereocenters. The number of ether oxygens (including phenoxy) is 1. The summed E-state index contributed by atoms with van der Waals surface area (Å²) in [5.41, 5.74) is 1.13. The first-order chi connectivity index (χ1) is 9.79. The number of anilines is 1. The standard InChI is InChI=1S/C15H20BrN3O/c16-10-3-12(7-17-6-10)18-11-4-13-1-2-14(5-11)19(13)15-8-20-9-15/h3,6-7,11,13-15,18H,1-2,4-5,8-9H2. The monoisotopic (exact) mass is 337 g/mol. The molecule has 0 saturated carbocycles. The molecule has 2 atom stereocenters. The molecule has 5 heteroatoms. The number of halogens is 1. The molecule has 0 aliphatic carbocycles. The molecule has 4 rings (SSSR count). The van der Waals surface area contributed by atoms with E-state index in [0.717, 1.165) is 35.5 Å². The zero-order valence-corrected chi connectivity index (χ0v) is 13.1. The Morgan fingerprint density at radius 3 is 2.50 bits per heavy atom. The average Bonchev–Trinajstić information content (AvgIpc) is 2.61. The van der Waals surface area contributed by atoms with Crippen molar-refractivity contribution in [2.45, 2.75) is 49.9 Å². The van der Waals surface area contributed by atoms with Crippen LogP contribution in [0.25, 0.3) is 0 Å². The van der Waals surface area contributed by atoms with Crippen LogP contribution in [0.1, 0.15) is 25.7 Å². The first kappa shape index (κ1) is 13.0. The molecule has 0 amide bonds. The second-order valence-electron chi connectivity index (χ2n) is 6.23. The fourth-order valence-corrected chi connectivity index (χ4v) is 4.41. The maximum atomic E-state index is 5.38. The van der Waals surface area contributed by atoms with E-state index < -0.39 is 0 Å². The summed E-state index contributed by atoms with van der Waals surface area (Å²) in [6.45, 7) is 1.89. The third-order valence-electron chi connectivity index (χ3n) is 4.91. The van der Waals surface area contributed by atoms with Crippen molar-refractivity contribution < 1.29 is 4.74 Å². The number of hydrogen-bond acceptors (Lipinski definition) is 4. The number of piperidine rings is 1. The molecule has 2 bridgehead atoms. The van der Waals surface area contributed by atoms with Gasteiger partial charge < -0.3 is 10.1 Å². The molecular formula is C15H20BrN3O. The van der Waals surface area contributed by atoms with Crippen molar-refractivity contribution in [3.8, 4) is 0 Å². The van der Waals surface area contributed by atoms with Crippen molar-refractivity contribution in [2.75, 3.05) is 18.5 Å². The maximum absolute atomic E-state index is 5.38. The average molecular weight is 338 g/mol.